The summed E-state index contributed by atoms with van der Waals surface area (Å²) in [7, 11) is -3.90. The van der Waals surface area contributed by atoms with Gasteiger partial charge in [0.05, 0.1) is 16.1 Å². The molecule has 9 heteroatoms. The van der Waals surface area contributed by atoms with Gasteiger partial charge in [-0.15, -0.1) is 0 Å². The molecule has 38 heavy (non-hydrogen) atoms. The van der Waals surface area contributed by atoms with Crippen LogP contribution in [-0.2, 0) is 27.5 Å². The van der Waals surface area contributed by atoms with Gasteiger partial charge in [0.15, 0.2) is 0 Å². The minimum absolute atomic E-state index is 0.0887. The van der Waals surface area contributed by atoms with E-state index in [2.05, 4.69) is 4.98 Å². The molecule has 0 amide bonds. The van der Waals surface area contributed by atoms with Crippen LogP contribution in [0.3, 0.4) is 0 Å². The maximum Gasteiger partial charge on any atom is 0.297 e. The monoisotopic (exact) mass is 530 g/mol. The van der Waals surface area contributed by atoms with E-state index in [1.54, 1.807) is 60.8 Å². The molecular formula is C29H23FN2O5S. The first-order valence-electron chi connectivity index (χ1n) is 11.7. The van der Waals surface area contributed by atoms with Gasteiger partial charge in [0.25, 0.3) is 15.7 Å². The summed E-state index contributed by atoms with van der Waals surface area (Å²) in [5.74, 6) is 0.0841. The Bertz CT molecular complexity index is 1770. The standard InChI is InChI=1S/C29H23FN2O5S/c1-20-2-11-27(12-3-20)38(34,35)37-19-24-9-6-22-16-25(10-13-28(22)31-24)32-15-14-26(17-29(32)33)36-18-21-4-7-23(30)8-5-21/h2-17H,18-19H2,1H3. The molecule has 0 unspecified atom stereocenters. The predicted octanol–water partition coefficient (Wildman–Crippen LogP) is 5.32. The molecule has 7 nitrogen and oxygen atoms in total. The number of nitrogens with zero attached hydrogens (tertiary/aromatic N) is 2. The lowest BCUT2D eigenvalue weighted by Gasteiger charge is -2.10. The van der Waals surface area contributed by atoms with Crippen LogP contribution in [0.25, 0.3) is 16.6 Å². The molecule has 192 valence electrons. The van der Waals surface area contributed by atoms with Gasteiger partial charge in [-0.05, 0) is 67.1 Å². The summed E-state index contributed by atoms with van der Waals surface area (Å²) in [5, 5.41) is 0.774. The first kappa shape index (κ1) is 25.3. The summed E-state index contributed by atoms with van der Waals surface area (Å²) < 4.78 is 50.3. The Morgan fingerprint density at radius 1 is 0.868 bits per heavy atom. The van der Waals surface area contributed by atoms with E-state index in [1.165, 1.54) is 34.9 Å². The van der Waals surface area contributed by atoms with Crippen molar-refractivity contribution in [2.24, 2.45) is 0 Å². The fourth-order valence-corrected chi connectivity index (χ4v) is 4.69. The van der Waals surface area contributed by atoms with E-state index in [4.69, 9.17) is 8.92 Å². The average molecular weight is 531 g/mol. The Morgan fingerprint density at radius 3 is 2.37 bits per heavy atom. The van der Waals surface area contributed by atoms with E-state index in [0.29, 0.717) is 22.6 Å². The first-order valence-corrected chi connectivity index (χ1v) is 13.1. The molecule has 0 saturated heterocycles. The second kappa shape index (κ2) is 10.6. The van der Waals surface area contributed by atoms with Gasteiger partial charge >= 0.3 is 0 Å². The second-order valence-corrected chi connectivity index (χ2v) is 10.3. The summed E-state index contributed by atoms with van der Waals surface area (Å²) >= 11 is 0. The van der Waals surface area contributed by atoms with Crippen LogP contribution in [0.1, 0.15) is 16.8 Å². The van der Waals surface area contributed by atoms with Crippen molar-refractivity contribution in [3.8, 4) is 11.4 Å². The predicted molar refractivity (Wildman–Crippen MR) is 141 cm³/mol. The normalized spacial score (nSPS) is 11.5. The zero-order valence-electron chi connectivity index (χ0n) is 20.4. The van der Waals surface area contributed by atoms with Gasteiger partial charge in [0.2, 0.25) is 0 Å². The molecule has 0 radical (unpaired) electrons. The highest BCUT2D eigenvalue weighted by molar-refractivity contribution is 7.86. The maximum absolute atomic E-state index is 13.1. The van der Waals surface area contributed by atoms with Gasteiger partial charge in [-0.25, -0.2) is 4.39 Å². The number of benzene rings is 3. The van der Waals surface area contributed by atoms with E-state index in [0.717, 1.165) is 16.5 Å². The van der Waals surface area contributed by atoms with Crippen LogP contribution in [-0.4, -0.2) is 18.0 Å². The molecule has 3 aromatic carbocycles. The third-order valence-corrected chi connectivity index (χ3v) is 7.17. The highest BCUT2D eigenvalue weighted by atomic mass is 32.2. The molecule has 2 aromatic heterocycles. The Kier molecular flexibility index (Phi) is 7.04. The van der Waals surface area contributed by atoms with Crippen molar-refractivity contribution < 1.29 is 21.7 Å². The van der Waals surface area contributed by atoms with E-state index in [1.807, 2.05) is 13.0 Å². The zero-order chi connectivity index (χ0) is 26.7. The van der Waals surface area contributed by atoms with E-state index >= 15 is 0 Å². The largest absolute Gasteiger partial charge is 0.489 e. The van der Waals surface area contributed by atoms with Crippen LogP contribution >= 0.6 is 0 Å². The summed E-state index contributed by atoms with van der Waals surface area (Å²) in [6, 6.07) is 24.3. The van der Waals surface area contributed by atoms with Gasteiger partial charge in [0, 0.05) is 23.3 Å². The highest BCUT2D eigenvalue weighted by Gasteiger charge is 2.15. The summed E-state index contributed by atoms with van der Waals surface area (Å²) in [6.45, 7) is 1.89. The summed E-state index contributed by atoms with van der Waals surface area (Å²) in [4.78, 5) is 17.3. The molecule has 5 rings (SSSR count). The molecule has 0 spiro atoms. The van der Waals surface area contributed by atoms with Crippen molar-refractivity contribution in [1.29, 1.82) is 0 Å². The Morgan fingerprint density at radius 2 is 1.63 bits per heavy atom. The van der Waals surface area contributed by atoms with E-state index < -0.39 is 10.1 Å². The van der Waals surface area contributed by atoms with Crippen LogP contribution in [0, 0.1) is 12.7 Å². The van der Waals surface area contributed by atoms with Crippen molar-refractivity contribution in [3.63, 3.8) is 0 Å². The van der Waals surface area contributed by atoms with Gasteiger partial charge in [-0.1, -0.05) is 35.9 Å². The number of aryl methyl sites for hydroxylation is 1. The number of halogens is 1. The van der Waals surface area contributed by atoms with Crippen LogP contribution in [0.2, 0.25) is 0 Å². The molecule has 0 saturated carbocycles. The molecule has 0 bridgehead atoms. The topological polar surface area (TPSA) is 87.5 Å². The van der Waals surface area contributed by atoms with Gasteiger partial charge in [-0.2, -0.15) is 8.42 Å². The van der Waals surface area contributed by atoms with Gasteiger partial charge in [-0.3, -0.25) is 18.5 Å². The molecular weight excluding hydrogens is 507 g/mol. The maximum atomic E-state index is 13.1. The Balaban J connectivity index is 1.28. The van der Waals surface area contributed by atoms with E-state index in [9.17, 15) is 17.6 Å². The van der Waals surface area contributed by atoms with Crippen LogP contribution in [0.5, 0.6) is 5.75 Å². The second-order valence-electron chi connectivity index (χ2n) is 8.69. The van der Waals surface area contributed by atoms with Crippen LogP contribution in [0.4, 0.5) is 4.39 Å². The minimum Gasteiger partial charge on any atom is -0.489 e. The van der Waals surface area contributed by atoms with Crippen LogP contribution < -0.4 is 10.3 Å². The molecule has 0 aliphatic carbocycles. The quantitative estimate of drug-likeness (QED) is 0.253. The van der Waals surface area contributed by atoms with Gasteiger partial charge < -0.3 is 4.74 Å². The Hall–Kier alpha value is -4.34. The van der Waals surface area contributed by atoms with Crippen molar-refractivity contribution in [2.45, 2.75) is 25.0 Å². The number of fused-ring (bicyclic) bond motifs is 1. The molecule has 0 aliphatic rings. The molecule has 0 N–H and O–H groups in total. The highest BCUT2D eigenvalue weighted by Crippen LogP contribution is 2.20. The van der Waals surface area contributed by atoms with Crippen molar-refractivity contribution in [2.75, 3.05) is 0 Å². The van der Waals surface area contributed by atoms with Crippen molar-refractivity contribution >= 4 is 21.0 Å². The number of pyridine rings is 2. The smallest absolute Gasteiger partial charge is 0.297 e. The minimum atomic E-state index is -3.90. The number of hydrogen-bond donors (Lipinski definition) is 0. The van der Waals surface area contributed by atoms with Crippen LogP contribution in [0.15, 0.2) is 107 Å². The molecule has 0 aliphatic heterocycles. The lowest BCUT2D eigenvalue weighted by Crippen LogP contribution is -2.16. The summed E-state index contributed by atoms with van der Waals surface area (Å²) in [6.07, 6.45) is 1.62. The van der Waals surface area contributed by atoms with Crippen molar-refractivity contribution in [3.05, 3.63) is 130 Å². The SMILES string of the molecule is Cc1ccc(S(=O)(=O)OCc2ccc3cc(-n4ccc(OCc5ccc(F)cc5)cc4=O)ccc3n2)cc1. The fraction of sp³-hybridized carbons (Fsp3) is 0.103. The molecule has 0 atom stereocenters. The van der Waals surface area contributed by atoms with Crippen molar-refractivity contribution in [1.82, 2.24) is 9.55 Å². The third-order valence-electron chi connectivity index (χ3n) is 5.89. The molecule has 0 fully saturated rings. The number of hydrogen-bond acceptors (Lipinski definition) is 6. The van der Waals surface area contributed by atoms with Gasteiger partial charge in [0.1, 0.15) is 24.8 Å². The first-order chi connectivity index (χ1) is 18.3. The molecule has 5 aromatic rings. The zero-order valence-corrected chi connectivity index (χ0v) is 21.2. The number of rotatable bonds is 8. The molecule has 2 heterocycles. The lowest BCUT2D eigenvalue weighted by molar-refractivity contribution is 0.304. The number of aromatic nitrogens is 2. The third kappa shape index (κ3) is 5.80. The fourth-order valence-electron chi connectivity index (χ4n) is 3.81. The average Bonchev–Trinajstić information content (AvgIpc) is 2.91. The van der Waals surface area contributed by atoms with E-state index in [-0.39, 0.29) is 29.5 Å². The lowest BCUT2D eigenvalue weighted by atomic mass is 10.2. The Labute approximate surface area is 218 Å². The summed E-state index contributed by atoms with van der Waals surface area (Å²) in [5.41, 5.74) is 3.19. The number of ether oxygens (including phenoxy) is 1.